The van der Waals surface area contributed by atoms with E-state index in [-0.39, 0.29) is 11.8 Å². The number of hydrogen-bond acceptors (Lipinski definition) is 2. The summed E-state index contributed by atoms with van der Waals surface area (Å²) in [4.78, 5) is 15.5. The maximum Gasteiger partial charge on any atom is 0.220 e. The Labute approximate surface area is 186 Å². The number of carbonyl (C=O) groups excluding carboxylic acids is 1. The Morgan fingerprint density at radius 1 is 1.03 bits per heavy atom. The maximum atomic E-state index is 13.0. The van der Waals surface area contributed by atoms with E-state index in [9.17, 15) is 4.79 Å². The highest BCUT2D eigenvalue weighted by Crippen LogP contribution is 2.35. The monoisotopic (exact) mass is 417 g/mol. The molecule has 1 amide bonds. The molecule has 1 fully saturated rings. The normalized spacial score (nSPS) is 15.8. The second kappa shape index (κ2) is 10.1. The topological polar surface area (TPSA) is 37.3 Å². The molecule has 1 aromatic heterocycles. The van der Waals surface area contributed by atoms with Crippen molar-refractivity contribution in [2.45, 2.75) is 52.0 Å². The van der Waals surface area contributed by atoms with Crippen LogP contribution in [0.3, 0.4) is 0 Å². The quantitative estimate of drug-likeness (QED) is 0.554. The van der Waals surface area contributed by atoms with Crippen LogP contribution in [0.4, 0.5) is 0 Å². The number of nitrogens with one attached hydrogen (secondary N) is 1. The summed E-state index contributed by atoms with van der Waals surface area (Å²) in [6, 6.07) is 17.2. The van der Waals surface area contributed by atoms with Gasteiger partial charge in [-0.1, -0.05) is 54.4 Å². The molecule has 0 radical (unpaired) electrons. The molecule has 4 heteroatoms. The first-order chi connectivity index (χ1) is 15.2. The predicted molar refractivity (Wildman–Crippen MR) is 129 cm³/mol. The van der Waals surface area contributed by atoms with Gasteiger partial charge in [0.05, 0.1) is 0 Å². The Morgan fingerprint density at radius 2 is 1.77 bits per heavy atom. The molecule has 0 saturated carbocycles. The Bertz CT molecular complexity index is 999. The number of likely N-dealkylation sites (tertiary alicyclic amines) is 1. The number of para-hydroxylation sites is 1. The van der Waals surface area contributed by atoms with Gasteiger partial charge in [-0.3, -0.25) is 4.79 Å². The molecule has 4 nitrogen and oxygen atoms in total. The molecular weight excluding hydrogens is 382 g/mol. The number of aromatic nitrogens is 1. The average Bonchev–Trinajstić information content (AvgIpc) is 3.17. The summed E-state index contributed by atoms with van der Waals surface area (Å²) >= 11 is 0. The molecule has 164 valence electrons. The molecule has 3 aromatic rings. The van der Waals surface area contributed by atoms with Crippen molar-refractivity contribution >= 4 is 16.8 Å². The minimum absolute atomic E-state index is 0.0493. The molecule has 2 aromatic carbocycles. The van der Waals surface area contributed by atoms with Crippen molar-refractivity contribution in [3.63, 3.8) is 0 Å². The predicted octanol–water partition coefficient (Wildman–Crippen LogP) is 5.09. The van der Waals surface area contributed by atoms with Gasteiger partial charge in [0.15, 0.2) is 0 Å². The molecular formula is C27H35N3O. The zero-order valence-electron chi connectivity index (χ0n) is 18.9. The van der Waals surface area contributed by atoms with E-state index in [0.717, 1.165) is 19.6 Å². The summed E-state index contributed by atoms with van der Waals surface area (Å²) in [5.74, 6) is 0.184. The van der Waals surface area contributed by atoms with Crippen molar-refractivity contribution in [3.8, 4) is 0 Å². The lowest BCUT2D eigenvalue weighted by Gasteiger charge is -2.26. The van der Waals surface area contributed by atoms with E-state index >= 15 is 0 Å². The minimum Gasteiger partial charge on any atom is -0.355 e. The van der Waals surface area contributed by atoms with Gasteiger partial charge in [0.25, 0.3) is 0 Å². The smallest absolute Gasteiger partial charge is 0.220 e. The highest BCUT2D eigenvalue weighted by atomic mass is 16.1. The molecule has 4 rings (SSSR count). The zero-order valence-corrected chi connectivity index (χ0v) is 18.9. The number of rotatable bonds is 8. The molecule has 31 heavy (non-hydrogen) atoms. The van der Waals surface area contributed by atoms with Crippen LogP contribution >= 0.6 is 0 Å². The summed E-state index contributed by atoms with van der Waals surface area (Å²) in [6.07, 6.45) is 6.62. The fraction of sp³-hybridized carbons (Fsp3) is 0.444. The van der Waals surface area contributed by atoms with Gasteiger partial charge >= 0.3 is 0 Å². The van der Waals surface area contributed by atoms with Gasteiger partial charge in [0, 0.05) is 49.1 Å². The van der Waals surface area contributed by atoms with Crippen LogP contribution in [0.25, 0.3) is 10.9 Å². The summed E-state index contributed by atoms with van der Waals surface area (Å²) < 4.78 is 2.29. The van der Waals surface area contributed by atoms with E-state index in [0.29, 0.717) is 6.42 Å². The molecule has 0 aliphatic carbocycles. The Hall–Kier alpha value is -2.59. The number of fused-ring (bicyclic) bond motifs is 1. The van der Waals surface area contributed by atoms with Crippen molar-refractivity contribution in [1.82, 2.24) is 14.8 Å². The second-order valence-electron chi connectivity index (χ2n) is 8.81. The Balaban J connectivity index is 1.54. The fourth-order valence-corrected chi connectivity index (χ4v) is 4.81. The number of nitrogens with zero attached hydrogens (tertiary/aromatic N) is 2. The van der Waals surface area contributed by atoms with Crippen LogP contribution in [0.2, 0.25) is 0 Å². The first kappa shape index (κ1) is 21.6. The number of carbonyl (C=O) groups is 1. The van der Waals surface area contributed by atoms with Gasteiger partial charge in [0.2, 0.25) is 5.91 Å². The lowest BCUT2D eigenvalue weighted by Crippen LogP contribution is -2.38. The van der Waals surface area contributed by atoms with Gasteiger partial charge in [-0.15, -0.1) is 0 Å². The lowest BCUT2D eigenvalue weighted by atomic mass is 9.87. The van der Waals surface area contributed by atoms with Gasteiger partial charge in [0.1, 0.15) is 0 Å². The number of benzene rings is 2. The Morgan fingerprint density at radius 3 is 2.52 bits per heavy atom. The molecule has 1 N–H and O–H groups in total. The highest BCUT2D eigenvalue weighted by Gasteiger charge is 2.22. The van der Waals surface area contributed by atoms with E-state index in [1.165, 1.54) is 59.9 Å². The molecule has 0 spiro atoms. The lowest BCUT2D eigenvalue weighted by molar-refractivity contribution is -0.121. The summed E-state index contributed by atoms with van der Waals surface area (Å²) in [7, 11) is 0. The Kier molecular flexibility index (Phi) is 7.08. The van der Waals surface area contributed by atoms with Crippen molar-refractivity contribution in [3.05, 3.63) is 71.4 Å². The van der Waals surface area contributed by atoms with Crippen LogP contribution in [0.15, 0.2) is 54.7 Å². The van der Waals surface area contributed by atoms with Crippen molar-refractivity contribution in [1.29, 1.82) is 0 Å². The molecule has 2 heterocycles. The largest absolute Gasteiger partial charge is 0.355 e. The van der Waals surface area contributed by atoms with Crippen molar-refractivity contribution < 1.29 is 4.79 Å². The fourth-order valence-electron chi connectivity index (χ4n) is 4.81. The van der Waals surface area contributed by atoms with Crippen LogP contribution in [0.5, 0.6) is 0 Å². The third kappa shape index (κ3) is 5.19. The van der Waals surface area contributed by atoms with E-state index in [1.807, 2.05) is 0 Å². The summed E-state index contributed by atoms with van der Waals surface area (Å²) in [5.41, 5.74) is 4.93. The highest BCUT2D eigenvalue weighted by molar-refractivity contribution is 5.86. The molecule has 0 bridgehead atoms. The van der Waals surface area contributed by atoms with Gasteiger partial charge in [-0.25, -0.2) is 0 Å². The number of aryl methyl sites for hydroxylation is 2. The van der Waals surface area contributed by atoms with Crippen LogP contribution in [0, 0.1) is 6.92 Å². The van der Waals surface area contributed by atoms with Crippen LogP contribution in [0.1, 0.15) is 55.2 Å². The van der Waals surface area contributed by atoms with Crippen molar-refractivity contribution in [2.75, 3.05) is 26.2 Å². The van der Waals surface area contributed by atoms with Crippen LogP contribution in [-0.4, -0.2) is 41.6 Å². The SMILES string of the molecule is CCn1cc([C@H](CC(=O)NCCN2CCCCC2)c2ccc(C)cc2)c2ccccc21. The van der Waals surface area contributed by atoms with E-state index in [2.05, 4.69) is 83.4 Å². The zero-order chi connectivity index (χ0) is 21.6. The first-order valence-electron chi connectivity index (χ1n) is 11.8. The molecule has 1 atom stereocenters. The van der Waals surface area contributed by atoms with Crippen LogP contribution < -0.4 is 5.32 Å². The second-order valence-corrected chi connectivity index (χ2v) is 8.81. The summed E-state index contributed by atoms with van der Waals surface area (Å²) in [6.45, 7) is 9.21. The maximum absolute atomic E-state index is 13.0. The average molecular weight is 418 g/mol. The molecule has 0 unspecified atom stereocenters. The molecule has 1 saturated heterocycles. The first-order valence-corrected chi connectivity index (χ1v) is 11.8. The number of piperidine rings is 1. The number of amides is 1. The van der Waals surface area contributed by atoms with Gasteiger partial charge in [-0.2, -0.15) is 0 Å². The van der Waals surface area contributed by atoms with Gasteiger partial charge in [-0.05, 0) is 57.0 Å². The van der Waals surface area contributed by atoms with Crippen molar-refractivity contribution in [2.24, 2.45) is 0 Å². The minimum atomic E-state index is 0.0493. The molecule has 1 aliphatic heterocycles. The van der Waals surface area contributed by atoms with Gasteiger partial charge < -0.3 is 14.8 Å². The van der Waals surface area contributed by atoms with E-state index in [4.69, 9.17) is 0 Å². The van der Waals surface area contributed by atoms with Crippen LogP contribution in [-0.2, 0) is 11.3 Å². The number of hydrogen-bond donors (Lipinski definition) is 1. The van der Waals surface area contributed by atoms with E-state index in [1.54, 1.807) is 0 Å². The standard InChI is InChI=1S/C27H35N3O/c1-3-30-20-25(23-9-5-6-10-26(23)30)24(22-13-11-21(2)12-14-22)19-27(31)28-15-18-29-16-7-4-8-17-29/h5-6,9-14,20,24H,3-4,7-8,15-19H2,1-2H3,(H,28,31)/t24-/m1/s1. The van der Waals surface area contributed by atoms with E-state index < -0.39 is 0 Å². The molecule has 1 aliphatic rings. The third-order valence-corrected chi connectivity index (χ3v) is 6.60. The third-order valence-electron chi connectivity index (χ3n) is 6.60. The summed E-state index contributed by atoms with van der Waals surface area (Å²) in [5, 5.41) is 4.44.